The van der Waals surface area contributed by atoms with Gasteiger partial charge in [0.15, 0.2) is 5.78 Å². The summed E-state index contributed by atoms with van der Waals surface area (Å²) in [6, 6.07) is 17.5. The molecule has 0 aromatic heterocycles. The van der Waals surface area contributed by atoms with E-state index in [0.29, 0.717) is 40.5 Å². The number of carbonyl (C=O) groups is 2. The third kappa shape index (κ3) is 5.61. The van der Waals surface area contributed by atoms with Gasteiger partial charge in [0.1, 0.15) is 11.5 Å². The van der Waals surface area contributed by atoms with Gasteiger partial charge in [-0.2, -0.15) is 13.2 Å². The van der Waals surface area contributed by atoms with E-state index in [9.17, 15) is 22.8 Å². The van der Waals surface area contributed by atoms with Crippen molar-refractivity contribution in [3.63, 3.8) is 0 Å². The van der Waals surface area contributed by atoms with Gasteiger partial charge >= 0.3 is 6.18 Å². The minimum Gasteiger partial charge on any atom is -0.497 e. The summed E-state index contributed by atoms with van der Waals surface area (Å²) in [5, 5.41) is 5.77. The molecule has 0 unspecified atom stereocenters. The van der Waals surface area contributed by atoms with Crippen LogP contribution < -0.4 is 20.1 Å². The van der Waals surface area contributed by atoms with Crippen LogP contribution in [0.5, 0.6) is 11.5 Å². The SMILES string of the molecule is COc1ccc(OC)c([C@@H]2C(C(=O)Nc3cc(C(F)(F)F)ccc3Cl)=C(C)NC3=C2C(=O)C[C@H](c2ccccc2)C3)c1. The van der Waals surface area contributed by atoms with Crippen LogP contribution in [0.2, 0.25) is 5.02 Å². The van der Waals surface area contributed by atoms with E-state index in [4.69, 9.17) is 21.1 Å². The molecule has 10 heteroatoms. The maximum Gasteiger partial charge on any atom is 0.416 e. The molecular formula is C32H28ClF3N2O4. The number of halogens is 4. The highest BCUT2D eigenvalue weighted by Crippen LogP contribution is 2.48. The van der Waals surface area contributed by atoms with Crippen LogP contribution in [0, 0.1) is 0 Å². The number of amides is 1. The van der Waals surface area contributed by atoms with Crippen LogP contribution in [0.1, 0.15) is 48.3 Å². The number of anilines is 1. The Kier molecular flexibility index (Phi) is 8.06. The third-order valence-corrected chi connectivity index (χ3v) is 7.96. The number of allylic oxidation sites excluding steroid dienone is 3. The normalized spacial score (nSPS) is 18.8. The Morgan fingerprint density at radius 1 is 1.00 bits per heavy atom. The molecule has 2 aliphatic rings. The van der Waals surface area contributed by atoms with Crippen molar-refractivity contribution in [2.45, 2.75) is 37.8 Å². The van der Waals surface area contributed by atoms with E-state index in [2.05, 4.69) is 10.6 Å². The lowest BCUT2D eigenvalue weighted by atomic mass is 9.71. The number of ether oxygens (including phenoxy) is 2. The topological polar surface area (TPSA) is 76.7 Å². The lowest BCUT2D eigenvalue weighted by Gasteiger charge is -2.37. The third-order valence-electron chi connectivity index (χ3n) is 7.63. The number of ketones is 1. The van der Waals surface area contributed by atoms with Gasteiger partial charge in [0.05, 0.1) is 36.4 Å². The Labute approximate surface area is 246 Å². The van der Waals surface area contributed by atoms with Crippen LogP contribution >= 0.6 is 11.6 Å². The van der Waals surface area contributed by atoms with Gasteiger partial charge in [-0.1, -0.05) is 41.9 Å². The second-order valence-corrected chi connectivity index (χ2v) is 10.6. The van der Waals surface area contributed by atoms with Crippen LogP contribution in [0.25, 0.3) is 0 Å². The number of dihydropyridines is 1. The number of alkyl halides is 3. The number of rotatable bonds is 6. The van der Waals surface area contributed by atoms with Crippen molar-refractivity contribution in [2.75, 3.05) is 19.5 Å². The van der Waals surface area contributed by atoms with E-state index < -0.39 is 23.6 Å². The summed E-state index contributed by atoms with van der Waals surface area (Å²) in [7, 11) is 2.98. The highest BCUT2D eigenvalue weighted by atomic mass is 35.5. The molecule has 1 amide bonds. The molecule has 0 fully saturated rings. The maximum atomic E-state index is 13.9. The zero-order valence-electron chi connectivity index (χ0n) is 23.1. The lowest BCUT2D eigenvalue weighted by Crippen LogP contribution is -2.37. The number of nitrogens with one attached hydrogen (secondary N) is 2. The number of Topliss-reactive ketones (excluding diaryl/α,β-unsaturated/α-hetero) is 1. The minimum atomic E-state index is -4.63. The summed E-state index contributed by atoms with van der Waals surface area (Å²) in [5.41, 5.74) is 2.06. The largest absolute Gasteiger partial charge is 0.497 e. The van der Waals surface area contributed by atoms with Gasteiger partial charge in [0.2, 0.25) is 0 Å². The van der Waals surface area contributed by atoms with Crippen LogP contribution in [-0.4, -0.2) is 25.9 Å². The second kappa shape index (κ2) is 11.6. The predicted molar refractivity (Wildman–Crippen MR) is 154 cm³/mol. The number of carbonyl (C=O) groups excluding carboxylic acids is 2. The van der Waals surface area contributed by atoms with Crippen LogP contribution in [0.3, 0.4) is 0 Å². The lowest BCUT2D eigenvalue weighted by molar-refractivity contribution is -0.137. The first-order valence-corrected chi connectivity index (χ1v) is 13.6. The number of benzene rings is 3. The summed E-state index contributed by atoms with van der Waals surface area (Å²) in [4.78, 5) is 27.9. The predicted octanol–water partition coefficient (Wildman–Crippen LogP) is 7.38. The molecule has 1 aliphatic carbocycles. The van der Waals surface area contributed by atoms with E-state index in [1.165, 1.54) is 14.2 Å². The molecule has 2 N–H and O–H groups in total. The Morgan fingerprint density at radius 2 is 1.74 bits per heavy atom. The summed E-state index contributed by atoms with van der Waals surface area (Å²) >= 11 is 6.20. The van der Waals surface area contributed by atoms with Gasteiger partial charge < -0.3 is 20.1 Å². The van der Waals surface area contributed by atoms with Gasteiger partial charge in [-0.3, -0.25) is 9.59 Å². The molecule has 6 nitrogen and oxygen atoms in total. The van der Waals surface area contributed by atoms with Crippen LogP contribution in [0.15, 0.2) is 89.3 Å². The van der Waals surface area contributed by atoms with E-state index in [-0.39, 0.29) is 34.4 Å². The molecule has 0 bridgehead atoms. The van der Waals surface area contributed by atoms with Crippen molar-refractivity contribution in [3.8, 4) is 11.5 Å². The van der Waals surface area contributed by atoms with Gasteiger partial charge in [0.25, 0.3) is 5.91 Å². The molecule has 1 heterocycles. The van der Waals surface area contributed by atoms with Crippen LogP contribution in [-0.2, 0) is 15.8 Å². The molecule has 3 aromatic carbocycles. The van der Waals surface area contributed by atoms with Crippen molar-refractivity contribution >= 4 is 29.0 Å². The molecule has 0 saturated heterocycles. The summed E-state index contributed by atoms with van der Waals surface area (Å²) < 4.78 is 51.4. The number of methoxy groups -OCH3 is 2. The fourth-order valence-electron chi connectivity index (χ4n) is 5.66. The fraction of sp³-hybridized carbons (Fsp3) is 0.250. The molecule has 1 aliphatic heterocycles. The highest BCUT2D eigenvalue weighted by Gasteiger charge is 2.42. The molecule has 0 saturated carbocycles. The molecule has 42 heavy (non-hydrogen) atoms. The molecule has 0 radical (unpaired) electrons. The smallest absolute Gasteiger partial charge is 0.416 e. The summed E-state index contributed by atoms with van der Waals surface area (Å²) in [6.45, 7) is 1.70. The van der Waals surface area contributed by atoms with Crippen molar-refractivity contribution < 1.29 is 32.2 Å². The van der Waals surface area contributed by atoms with E-state index in [1.54, 1.807) is 25.1 Å². The number of hydrogen-bond donors (Lipinski definition) is 2. The molecule has 218 valence electrons. The van der Waals surface area contributed by atoms with Gasteiger partial charge in [-0.15, -0.1) is 0 Å². The monoisotopic (exact) mass is 596 g/mol. The van der Waals surface area contributed by atoms with E-state index in [0.717, 1.165) is 23.8 Å². The van der Waals surface area contributed by atoms with Crippen molar-refractivity contribution in [3.05, 3.63) is 111 Å². The maximum absolute atomic E-state index is 13.9. The Balaban J connectivity index is 1.62. The van der Waals surface area contributed by atoms with Gasteiger partial charge in [-0.05, 0) is 61.2 Å². The summed E-state index contributed by atoms with van der Waals surface area (Å²) in [5.74, 6) is -0.911. The first kappa shape index (κ1) is 29.3. The van der Waals surface area contributed by atoms with Gasteiger partial charge in [-0.25, -0.2) is 0 Å². The van der Waals surface area contributed by atoms with Crippen molar-refractivity contribution in [1.82, 2.24) is 5.32 Å². The minimum absolute atomic E-state index is 0.0618. The molecule has 2 atom stereocenters. The Morgan fingerprint density at radius 3 is 2.40 bits per heavy atom. The second-order valence-electron chi connectivity index (χ2n) is 10.2. The van der Waals surface area contributed by atoms with Crippen LogP contribution in [0.4, 0.5) is 18.9 Å². The standard InChI is InChI=1S/C32H28ClF3N2O4/c1-17-28(31(40)38-24-15-20(32(34,35)36)9-11-23(24)33)29(22-16-21(41-2)10-12-27(22)42-3)30-25(37-17)13-19(14-26(30)39)18-7-5-4-6-8-18/h4-12,15-16,19,29,37H,13-14H2,1-3H3,(H,38,40)/t19-,29-/m1/s1. The Hall–Kier alpha value is -4.24. The molecule has 5 rings (SSSR count). The molecular weight excluding hydrogens is 569 g/mol. The molecule has 0 spiro atoms. The zero-order valence-corrected chi connectivity index (χ0v) is 23.8. The first-order chi connectivity index (χ1) is 20.0. The average molecular weight is 597 g/mol. The highest BCUT2D eigenvalue weighted by molar-refractivity contribution is 6.34. The zero-order chi connectivity index (χ0) is 30.2. The van der Waals surface area contributed by atoms with E-state index in [1.807, 2.05) is 30.3 Å². The quantitative estimate of drug-likeness (QED) is 0.311. The fourth-order valence-corrected chi connectivity index (χ4v) is 5.83. The Bertz CT molecular complexity index is 1620. The van der Waals surface area contributed by atoms with Crippen molar-refractivity contribution in [1.29, 1.82) is 0 Å². The first-order valence-electron chi connectivity index (χ1n) is 13.2. The summed E-state index contributed by atoms with van der Waals surface area (Å²) in [6.07, 6.45) is -3.88. The van der Waals surface area contributed by atoms with E-state index >= 15 is 0 Å². The average Bonchev–Trinajstić information content (AvgIpc) is 2.96. The molecule has 3 aromatic rings. The number of hydrogen-bond acceptors (Lipinski definition) is 5. The van der Waals surface area contributed by atoms with Crippen molar-refractivity contribution in [2.24, 2.45) is 0 Å². The van der Waals surface area contributed by atoms with Gasteiger partial charge in [0, 0.05) is 34.5 Å².